The van der Waals surface area contributed by atoms with Crippen LogP contribution < -0.4 is 11.5 Å². The molecule has 0 aromatic carbocycles. The summed E-state index contributed by atoms with van der Waals surface area (Å²) >= 11 is 0. The second-order valence-electron chi connectivity index (χ2n) is 9.27. The molecule has 10 heteroatoms. The average Bonchev–Trinajstić information content (AvgIpc) is 2.70. The Morgan fingerprint density at radius 2 is 1.63 bits per heavy atom. The van der Waals surface area contributed by atoms with Gasteiger partial charge in [0, 0.05) is 17.9 Å². The lowest BCUT2D eigenvalue weighted by molar-refractivity contribution is -0.288. The topological polar surface area (TPSA) is 181 Å². The van der Waals surface area contributed by atoms with Crippen molar-refractivity contribution in [3.63, 3.8) is 0 Å². The molecule has 1 saturated carbocycles. The molecule has 0 aromatic heterocycles. The summed E-state index contributed by atoms with van der Waals surface area (Å²) in [7, 11) is 0. The van der Waals surface area contributed by atoms with Crippen LogP contribution in [0, 0.1) is 17.8 Å². The van der Waals surface area contributed by atoms with Gasteiger partial charge in [0.15, 0.2) is 6.29 Å². The van der Waals surface area contributed by atoms with E-state index in [9.17, 15) is 25.5 Å². The predicted molar refractivity (Wildman–Crippen MR) is 106 cm³/mol. The first-order valence-corrected chi connectivity index (χ1v) is 10.9. The molecule has 0 aromatic rings. The third-order valence-electron chi connectivity index (χ3n) is 7.20. The summed E-state index contributed by atoms with van der Waals surface area (Å²) in [5.41, 5.74) is 12.1. The zero-order valence-electron chi connectivity index (χ0n) is 17.8. The van der Waals surface area contributed by atoms with E-state index >= 15 is 0 Å². The molecular formula is C20H38N2O8. The number of rotatable bonds is 4. The van der Waals surface area contributed by atoms with Crippen molar-refractivity contribution in [1.82, 2.24) is 0 Å². The average molecular weight is 435 g/mol. The maximum absolute atomic E-state index is 11.2. The lowest BCUT2D eigenvalue weighted by Gasteiger charge is -2.51. The molecule has 0 amide bonds. The molecule has 9 N–H and O–H groups in total. The summed E-state index contributed by atoms with van der Waals surface area (Å²) in [5, 5.41) is 52.1. The van der Waals surface area contributed by atoms with Crippen molar-refractivity contribution in [2.24, 2.45) is 29.2 Å². The van der Waals surface area contributed by atoms with E-state index in [2.05, 4.69) is 0 Å². The minimum Gasteiger partial charge on any atom is -0.390 e. The summed E-state index contributed by atoms with van der Waals surface area (Å²) in [5.74, 6) is -0.829. The molecule has 2 heterocycles. The van der Waals surface area contributed by atoms with E-state index in [1.54, 1.807) is 6.92 Å². The minimum atomic E-state index is -1.27. The Kier molecular flexibility index (Phi) is 7.77. The Hall–Kier alpha value is -0.400. The van der Waals surface area contributed by atoms with Crippen LogP contribution in [0.3, 0.4) is 0 Å². The molecule has 3 aliphatic rings. The molecule has 1 aliphatic carbocycles. The van der Waals surface area contributed by atoms with Gasteiger partial charge < -0.3 is 51.2 Å². The van der Waals surface area contributed by atoms with Crippen LogP contribution in [0.1, 0.15) is 33.6 Å². The van der Waals surface area contributed by atoms with E-state index in [-0.39, 0.29) is 12.5 Å². The van der Waals surface area contributed by atoms with Gasteiger partial charge in [-0.2, -0.15) is 0 Å². The first kappa shape index (κ1) is 24.2. The zero-order chi connectivity index (χ0) is 22.3. The van der Waals surface area contributed by atoms with E-state index in [0.29, 0.717) is 12.8 Å². The quantitative estimate of drug-likeness (QED) is 0.253. The summed E-state index contributed by atoms with van der Waals surface area (Å²) in [6, 6.07) is -1.44. The van der Waals surface area contributed by atoms with E-state index in [1.807, 2.05) is 13.8 Å². The fraction of sp³-hybridized carbons (Fsp3) is 1.00. The first-order chi connectivity index (χ1) is 14.1. The molecule has 0 radical (unpaired) electrons. The molecule has 0 bridgehead atoms. The fourth-order valence-corrected chi connectivity index (χ4v) is 5.23. The number of nitrogens with two attached hydrogens (primary N) is 2. The lowest BCUT2D eigenvalue weighted by Crippen LogP contribution is -2.65. The Bertz CT molecular complexity index is 569. The van der Waals surface area contributed by atoms with Gasteiger partial charge in [-0.1, -0.05) is 20.8 Å². The Morgan fingerprint density at radius 3 is 2.27 bits per heavy atom. The van der Waals surface area contributed by atoms with Gasteiger partial charge in [-0.15, -0.1) is 0 Å². The molecule has 3 rings (SSSR count). The van der Waals surface area contributed by atoms with Gasteiger partial charge in [0.25, 0.3) is 0 Å². The van der Waals surface area contributed by atoms with Crippen LogP contribution in [0.5, 0.6) is 0 Å². The third-order valence-corrected chi connectivity index (χ3v) is 7.20. The molecule has 10 nitrogen and oxygen atoms in total. The second kappa shape index (κ2) is 9.62. The predicted octanol–water partition coefficient (Wildman–Crippen LogP) is -2.34. The van der Waals surface area contributed by atoms with Crippen LogP contribution >= 0.6 is 0 Å². The third kappa shape index (κ3) is 4.40. The molecule has 3 fully saturated rings. The van der Waals surface area contributed by atoms with Crippen LogP contribution in [0.2, 0.25) is 0 Å². The largest absolute Gasteiger partial charge is 0.390 e. The van der Waals surface area contributed by atoms with Crippen molar-refractivity contribution in [3.8, 4) is 0 Å². The highest BCUT2D eigenvalue weighted by Gasteiger charge is 2.53. The van der Waals surface area contributed by atoms with Crippen molar-refractivity contribution >= 4 is 0 Å². The van der Waals surface area contributed by atoms with Gasteiger partial charge in [-0.05, 0) is 18.8 Å². The smallest absolute Gasteiger partial charge is 0.185 e. The van der Waals surface area contributed by atoms with Crippen molar-refractivity contribution in [2.45, 2.75) is 101 Å². The van der Waals surface area contributed by atoms with Gasteiger partial charge in [0.1, 0.15) is 18.3 Å². The molecule has 2 aliphatic heterocycles. The molecule has 176 valence electrons. The lowest BCUT2D eigenvalue weighted by atomic mass is 9.67. The molecule has 14 atom stereocenters. The van der Waals surface area contributed by atoms with Gasteiger partial charge in [0.2, 0.25) is 0 Å². The SMILES string of the molecule is CCC1OC(C2C(C)CC(N)C(OC3OCC(O)C(N)C3O)C2O)C(C)C(O)C1O. The van der Waals surface area contributed by atoms with Crippen molar-refractivity contribution in [1.29, 1.82) is 0 Å². The van der Waals surface area contributed by atoms with Crippen LogP contribution in [-0.2, 0) is 14.2 Å². The van der Waals surface area contributed by atoms with Gasteiger partial charge in [0.05, 0.1) is 43.2 Å². The van der Waals surface area contributed by atoms with Crippen molar-refractivity contribution < 1.29 is 39.7 Å². The maximum atomic E-state index is 11.2. The van der Waals surface area contributed by atoms with Crippen molar-refractivity contribution in [2.75, 3.05) is 6.61 Å². The standard InChI is InChI=1S/C20H38N2O8/c1-4-11-15(25)14(24)8(3)18(29-11)12-7(2)5-9(21)19(16(12)26)30-20-17(27)13(22)10(23)6-28-20/h7-20,23-27H,4-6,21-22H2,1-3H3. The highest BCUT2D eigenvalue weighted by molar-refractivity contribution is 5.02. The minimum absolute atomic E-state index is 0.0245. The van der Waals surface area contributed by atoms with E-state index in [4.69, 9.17) is 25.7 Å². The maximum Gasteiger partial charge on any atom is 0.185 e. The van der Waals surface area contributed by atoms with Gasteiger partial charge >= 0.3 is 0 Å². The van der Waals surface area contributed by atoms with Crippen LogP contribution in [0.25, 0.3) is 0 Å². The van der Waals surface area contributed by atoms with Gasteiger partial charge in [-0.3, -0.25) is 0 Å². The monoisotopic (exact) mass is 434 g/mol. The first-order valence-electron chi connectivity index (χ1n) is 10.9. The normalized spacial score (nSPS) is 55.4. The fourth-order valence-electron chi connectivity index (χ4n) is 5.23. The number of ether oxygens (including phenoxy) is 3. The molecular weight excluding hydrogens is 396 g/mol. The highest BCUT2D eigenvalue weighted by Crippen LogP contribution is 2.42. The Labute approximate surface area is 177 Å². The number of aliphatic hydroxyl groups excluding tert-OH is 5. The van der Waals surface area contributed by atoms with E-state index in [1.165, 1.54) is 0 Å². The van der Waals surface area contributed by atoms with Crippen LogP contribution in [0.4, 0.5) is 0 Å². The Morgan fingerprint density at radius 1 is 0.967 bits per heavy atom. The van der Waals surface area contributed by atoms with Crippen LogP contribution in [-0.4, -0.2) is 99.3 Å². The molecule has 0 spiro atoms. The van der Waals surface area contributed by atoms with Crippen molar-refractivity contribution in [3.05, 3.63) is 0 Å². The summed E-state index contributed by atoms with van der Waals surface area (Å²) in [6.07, 6.45) is -7.21. The highest BCUT2D eigenvalue weighted by atomic mass is 16.7. The number of hydrogen-bond donors (Lipinski definition) is 7. The Balaban J connectivity index is 1.78. The molecule has 30 heavy (non-hydrogen) atoms. The van der Waals surface area contributed by atoms with Crippen LogP contribution in [0.15, 0.2) is 0 Å². The summed E-state index contributed by atoms with van der Waals surface area (Å²) in [6.45, 7) is 5.54. The van der Waals surface area contributed by atoms with Gasteiger partial charge in [-0.25, -0.2) is 0 Å². The molecule has 2 saturated heterocycles. The van der Waals surface area contributed by atoms with E-state index < -0.39 is 79.0 Å². The second-order valence-corrected chi connectivity index (χ2v) is 9.27. The zero-order valence-corrected chi connectivity index (χ0v) is 17.8. The van der Waals surface area contributed by atoms with E-state index in [0.717, 1.165) is 0 Å². The number of hydrogen-bond acceptors (Lipinski definition) is 10. The molecule has 14 unspecified atom stereocenters. The number of aliphatic hydroxyl groups is 5. The summed E-state index contributed by atoms with van der Waals surface area (Å²) in [4.78, 5) is 0. The summed E-state index contributed by atoms with van der Waals surface area (Å²) < 4.78 is 17.4.